The summed E-state index contributed by atoms with van der Waals surface area (Å²) in [6.07, 6.45) is 0.508. The zero-order chi connectivity index (χ0) is 14.0. The molecule has 1 aliphatic heterocycles. The Balaban J connectivity index is 2.31. The van der Waals surface area contributed by atoms with E-state index in [0.29, 0.717) is 30.2 Å². The Labute approximate surface area is 121 Å². The Morgan fingerprint density at radius 2 is 2.11 bits per heavy atom. The molecule has 4 nitrogen and oxygen atoms in total. The molecule has 0 amide bonds. The Kier molecular flexibility index (Phi) is 4.32. The van der Waals surface area contributed by atoms with Crippen LogP contribution in [-0.2, 0) is 9.53 Å². The summed E-state index contributed by atoms with van der Waals surface area (Å²) >= 11 is 12.2. The predicted molar refractivity (Wildman–Crippen MR) is 74.3 cm³/mol. The van der Waals surface area contributed by atoms with E-state index in [1.807, 2.05) is 4.90 Å². The van der Waals surface area contributed by atoms with Crippen molar-refractivity contribution in [2.24, 2.45) is 0 Å². The summed E-state index contributed by atoms with van der Waals surface area (Å²) in [5.41, 5.74) is 0.911. The number of hydrogen-bond donors (Lipinski definition) is 0. The van der Waals surface area contributed by atoms with Crippen molar-refractivity contribution in [1.82, 2.24) is 0 Å². The van der Waals surface area contributed by atoms with Gasteiger partial charge in [-0.3, -0.25) is 4.79 Å². The first-order valence-electron chi connectivity index (χ1n) is 5.95. The first-order valence-corrected chi connectivity index (χ1v) is 6.71. The lowest BCUT2D eigenvalue weighted by Crippen LogP contribution is -2.20. The summed E-state index contributed by atoms with van der Waals surface area (Å²) in [7, 11) is 0. The van der Waals surface area contributed by atoms with Crippen LogP contribution in [0.2, 0.25) is 10.0 Å². The van der Waals surface area contributed by atoms with Gasteiger partial charge in [0.1, 0.15) is 0 Å². The van der Waals surface area contributed by atoms with Crippen LogP contribution in [0.1, 0.15) is 23.7 Å². The van der Waals surface area contributed by atoms with Gasteiger partial charge in [-0.15, -0.1) is 0 Å². The maximum absolute atomic E-state index is 11.7. The summed E-state index contributed by atoms with van der Waals surface area (Å²) in [5, 5.41) is 0.666. The van der Waals surface area contributed by atoms with Gasteiger partial charge in [0.15, 0.2) is 5.78 Å². The second-order valence-corrected chi connectivity index (χ2v) is 5.03. The maximum Gasteiger partial charge on any atom is 0.339 e. The Bertz CT molecular complexity index is 531. The molecule has 0 bridgehead atoms. The number of anilines is 1. The van der Waals surface area contributed by atoms with Crippen LogP contribution >= 0.6 is 23.2 Å². The molecule has 1 aromatic rings. The van der Waals surface area contributed by atoms with Gasteiger partial charge in [-0.25, -0.2) is 4.79 Å². The fraction of sp³-hybridized carbons (Fsp3) is 0.385. The van der Waals surface area contributed by atoms with Gasteiger partial charge >= 0.3 is 5.97 Å². The smallest absolute Gasteiger partial charge is 0.339 e. The SMILES string of the molecule is CCOC(=O)c1cc(Cl)c(N2CCC(=O)C2)cc1Cl. The second-order valence-electron chi connectivity index (χ2n) is 4.21. The predicted octanol–water partition coefficient (Wildman–Crippen LogP) is 2.95. The van der Waals surface area contributed by atoms with Crippen molar-refractivity contribution >= 4 is 40.6 Å². The number of ether oxygens (including phenoxy) is 1. The van der Waals surface area contributed by atoms with Gasteiger partial charge in [0, 0.05) is 13.0 Å². The molecule has 0 atom stereocenters. The molecule has 0 spiro atoms. The standard InChI is InChI=1S/C13H13Cl2NO3/c1-2-19-13(18)9-5-11(15)12(6-10(9)14)16-4-3-8(17)7-16/h5-6H,2-4,7H2,1H3. The van der Waals surface area contributed by atoms with Crippen LogP contribution in [-0.4, -0.2) is 31.4 Å². The minimum atomic E-state index is -0.501. The summed E-state index contributed by atoms with van der Waals surface area (Å²) in [5.74, 6) is -0.333. The average molecular weight is 302 g/mol. The highest BCUT2D eigenvalue weighted by Crippen LogP contribution is 2.33. The van der Waals surface area contributed by atoms with Crippen molar-refractivity contribution in [3.63, 3.8) is 0 Å². The molecule has 6 heteroatoms. The van der Waals surface area contributed by atoms with Crippen LogP contribution in [0, 0.1) is 0 Å². The second kappa shape index (κ2) is 5.80. The quantitative estimate of drug-likeness (QED) is 0.805. The normalized spacial score (nSPS) is 14.9. The molecule has 0 N–H and O–H groups in total. The van der Waals surface area contributed by atoms with Crippen molar-refractivity contribution in [2.75, 3.05) is 24.6 Å². The van der Waals surface area contributed by atoms with Crippen LogP contribution in [0.5, 0.6) is 0 Å². The minimum absolute atomic E-state index is 0.168. The van der Waals surface area contributed by atoms with Gasteiger partial charge in [-0.05, 0) is 19.1 Å². The Morgan fingerprint density at radius 1 is 1.37 bits per heavy atom. The highest BCUT2D eigenvalue weighted by molar-refractivity contribution is 6.37. The topological polar surface area (TPSA) is 46.6 Å². The average Bonchev–Trinajstić information content (AvgIpc) is 2.78. The number of benzene rings is 1. The van der Waals surface area contributed by atoms with E-state index in [1.165, 1.54) is 6.07 Å². The molecule has 0 aliphatic carbocycles. The van der Waals surface area contributed by atoms with E-state index in [1.54, 1.807) is 13.0 Å². The zero-order valence-electron chi connectivity index (χ0n) is 10.4. The molecular formula is C13H13Cl2NO3. The lowest BCUT2D eigenvalue weighted by molar-refractivity contribution is -0.116. The highest BCUT2D eigenvalue weighted by Gasteiger charge is 2.23. The van der Waals surface area contributed by atoms with Gasteiger partial charge < -0.3 is 9.64 Å². The molecule has 0 saturated carbocycles. The van der Waals surface area contributed by atoms with Crippen molar-refractivity contribution in [2.45, 2.75) is 13.3 Å². The van der Waals surface area contributed by atoms with Crippen LogP contribution in [0.25, 0.3) is 0 Å². The number of hydrogen-bond acceptors (Lipinski definition) is 4. The van der Waals surface area contributed by atoms with Crippen LogP contribution in [0.4, 0.5) is 5.69 Å². The van der Waals surface area contributed by atoms with Gasteiger partial charge in [-0.2, -0.15) is 0 Å². The van der Waals surface area contributed by atoms with E-state index < -0.39 is 5.97 Å². The third-order valence-electron chi connectivity index (χ3n) is 2.90. The molecule has 1 heterocycles. The molecule has 102 valence electrons. The van der Waals surface area contributed by atoms with Crippen molar-refractivity contribution < 1.29 is 14.3 Å². The van der Waals surface area contributed by atoms with E-state index in [-0.39, 0.29) is 23.0 Å². The van der Waals surface area contributed by atoms with Crippen molar-refractivity contribution in [1.29, 1.82) is 0 Å². The summed E-state index contributed by atoms with van der Waals surface area (Å²) < 4.78 is 4.90. The molecular weight excluding hydrogens is 289 g/mol. The van der Waals surface area contributed by atoms with Crippen molar-refractivity contribution in [3.05, 3.63) is 27.7 Å². The van der Waals surface area contributed by atoms with Gasteiger partial charge in [-0.1, -0.05) is 23.2 Å². The van der Waals surface area contributed by atoms with Crippen molar-refractivity contribution in [3.8, 4) is 0 Å². The van der Waals surface area contributed by atoms with E-state index in [9.17, 15) is 9.59 Å². The Hall–Kier alpha value is -1.26. The number of rotatable bonds is 3. The number of Topliss-reactive ketones (excluding diaryl/α,β-unsaturated/α-hetero) is 1. The van der Waals surface area contributed by atoms with Crippen LogP contribution in [0.15, 0.2) is 12.1 Å². The van der Waals surface area contributed by atoms with E-state index in [4.69, 9.17) is 27.9 Å². The van der Waals surface area contributed by atoms with Gasteiger partial charge in [0.25, 0.3) is 0 Å². The largest absolute Gasteiger partial charge is 0.462 e. The lowest BCUT2D eigenvalue weighted by Gasteiger charge is -2.19. The highest BCUT2D eigenvalue weighted by atomic mass is 35.5. The Morgan fingerprint density at radius 3 is 2.68 bits per heavy atom. The molecule has 1 saturated heterocycles. The number of carbonyl (C=O) groups is 2. The number of nitrogens with zero attached hydrogens (tertiary/aromatic N) is 1. The summed E-state index contributed by atoms with van der Waals surface area (Å²) in [4.78, 5) is 24.8. The molecule has 0 aromatic heterocycles. The number of halogens is 2. The molecule has 19 heavy (non-hydrogen) atoms. The molecule has 2 rings (SSSR count). The summed E-state index contributed by atoms with van der Waals surface area (Å²) in [6, 6.07) is 3.09. The summed E-state index contributed by atoms with van der Waals surface area (Å²) in [6.45, 7) is 2.94. The molecule has 1 aliphatic rings. The lowest BCUT2D eigenvalue weighted by atomic mass is 10.2. The van der Waals surface area contributed by atoms with E-state index >= 15 is 0 Å². The fourth-order valence-corrected chi connectivity index (χ4v) is 2.50. The molecule has 1 aromatic carbocycles. The monoisotopic (exact) mass is 301 g/mol. The molecule has 0 radical (unpaired) electrons. The third-order valence-corrected chi connectivity index (χ3v) is 3.52. The molecule has 1 fully saturated rings. The molecule has 0 unspecified atom stereocenters. The first kappa shape index (κ1) is 14.2. The van der Waals surface area contributed by atoms with Crippen LogP contribution < -0.4 is 4.90 Å². The van der Waals surface area contributed by atoms with E-state index in [0.717, 1.165) is 0 Å². The maximum atomic E-state index is 11.7. The number of esters is 1. The minimum Gasteiger partial charge on any atom is -0.462 e. The van der Waals surface area contributed by atoms with Crippen LogP contribution in [0.3, 0.4) is 0 Å². The van der Waals surface area contributed by atoms with E-state index in [2.05, 4.69) is 0 Å². The van der Waals surface area contributed by atoms with Gasteiger partial charge in [0.05, 0.1) is 34.4 Å². The fourth-order valence-electron chi connectivity index (χ4n) is 1.98. The third kappa shape index (κ3) is 3.01. The number of carbonyl (C=O) groups excluding carboxylic acids is 2. The number of ketones is 1. The van der Waals surface area contributed by atoms with Gasteiger partial charge in [0.2, 0.25) is 0 Å². The zero-order valence-corrected chi connectivity index (χ0v) is 11.9. The first-order chi connectivity index (χ1) is 9.02.